The first-order valence-electron chi connectivity index (χ1n) is 7.39. The van der Waals surface area contributed by atoms with Crippen molar-refractivity contribution in [2.45, 2.75) is 18.7 Å². The van der Waals surface area contributed by atoms with Crippen molar-refractivity contribution in [1.82, 2.24) is 4.90 Å². The molecule has 2 rings (SSSR count). The van der Waals surface area contributed by atoms with Gasteiger partial charge < -0.3 is 10.2 Å². The molecule has 1 aliphatic rings. The number of sulfone groups is 1. The Balaban J connectivity index is 2.02. The zero-order chi connectivity index (χ0) is 16.2. The number of rotatable bonds is 3. The van der Waals surface area contributed by atoms with Crippen LogP contribution < -0.4 is 5.32 Å². The van der Waals surface area contributed by atoms with Gasteiger partial charge in [-0.1, -0.05) is 13.8 Å². The molecule has 122 valence electrons. The van der Waals surface area contributed by atoms with Gasteiger partial charge in [0.2, 0.25) is 0 Å². The van der Waals surface area contributed by atoms with Crippen molar-refractivity contribution in [2.75, 3.05) is 35.7 Å². The summed E-state index contributed by atoms with van der Waals surface area (Å²) < 4.78 is 23.5. The molecule has 2 amide bonds. The molecule has 0 saturated carbocycles. The maximum absolute atomic E-state index is 12.3. The standard InChI is InChI=1S/C15H22N2O3S2/c1-3-22(19,20)14-6-4-13(5-7-14)16-15(18)17-8-9-21-11-12(2)10-17/h4-7,12H,3,8-11H2,1-2H3,(H,16,18)/t12-/m0/s1. The number of urea groups is 1. The molecular formula is C15H22N2O3S2. The first-order valence-corrected chi connectivity index (χ1v) is 10.2. The van der Waals surface area contributed by atoms with Gasteiger partial charge in [0.15, 0.2) is 9.84 Å². The van der Waals surface area contributed by atoms with E-state index in [0.29, 0.717) is 11.6 Å². The van der Waals surface area contributed by atoms with E-state index in [1.165, 1.54) is 12.1 Å². The summed E-state index contributed by atoms with van der Waals surface area (Å²) in [6, 6.07) is 6.22. The van der Waals surface area contributed by atoms with Crippen LogP contribution in [-0.4, -0.2) is 49.7 Å². The molecule has 1 aromatic carbocycles. The monoisotopic (exact) mass is 342 g/mol. The number of nitrogens with one attached hydrogen (secondary N) is 1. The van der Waals surface area contributed by atoms with Gasteiger partial charge in [-0.2, -0.15) is 11.8 Å². The third-order valence-electron chi connectivity index (χ3n) is 3.57. The normalized spacial score (nSPS) is 19.5. The number of benzene rings is 1. The van der Waals surface area contributed by atoms with Crippen molar-refractivity contribution in [3.8, 4) is 0 Å². The van der Waals surface area contributed by atoms with E-state index in [0.717, 1.165) is 24.6 Å². The van der Waals surface area contributed by atoms with Crippen molar-refractivity contribution in [1.29, 1.82) is 0 Å². The second-order valence-electron chi connectivity index (χ2n) is 5.48. The number of carbonyl (C=O) groups excluding carboxylic acids is 1. The van der Waals surface area contributed by atoms with Gasteiger partial charge in [0.25, 0.3) is 0 Å². The Bertz CT molecular complexity index is 614. The minimum Gasteiger partial charge on any atom is -0.323 e. The summed E-state index contributed by atoms with van der Waals surface area (Å²) in [7, 11) is -3.20. The first kappa shape index (κ1) is 17.1. The summed E-state index contributed by atoms with van der Waals surface area (Å²) in [6.45, 7) is 5.25. The van der Waals surface area contributed by atoms with E-state index in [4.69, 9.17) is 0 Å². The van der Waals surface area contributed by atoms with Gasteiger partial charge in [0, 0.05) is 24.5 Å². The molecule has 0 radical (unpaired) electrons. The predicted molar refractivity (Wildman–Crippen MR) is 91.2 cm³/mol. The molecule has 0 aliphatic carbocycles. The number of nitrogens with zero attached hydrogens (tertiary/aromatic N) is 1. The lowest BCUT2D eigenvalue weighted by molar-refractivity contribution is 0.210. The molecular weight excluding hydrogens is 320 g/mol. The number of hydrogen-bond acceptors (Lipinski definition) is 4. The van der Waals surface area contributed by atoms with E-state index in [1.807, 2.05) is 16.7 Å². The van der Waals surface area contributed by atoms with Gasteiger partial charge in [0.05, 0.1) is 10.6 Å². The first-order chi connectivity index (χ1) is 10.4. The van der Waals surface area contributed by atoms with Crippen molar-refractivity contribution >= 4 is 33.3 Å². The van der Waals surface area contributed by atoms with Gasteiger partial charge >= 0.3 is 6.03 Å². The van der Waals surface area contributed by atoms with Crippen molar-refractivity contribution in [3.05, 3.63) is 24.3 Å². The lowest BCUT2D eigenvalue weighted by Crippen LogP contribution is -2.38. The Hall–Kier alpha value is -1.21. The summed E-state index contributed by atoms with van der Waals surface area (Å²) in [5.41, 5.74) is 0.615. The third kappa shape index (κ3) is 4.39. The average molecular weight is 342 g/mol. The van der Waals surface area contributed by atoms with Crippen molar-refractivity contribution < 1.29 is 13.2 Å². The maximum atomic E-state index is 12.3. The Kier molecular flexibility index (Phi) is 5.74. The summed E-state index contributed by atoms with van der Waals surface area (Å²) in [5.74, 6) is 2.58. The summed E-state index contributed by atoms with van der Waals surface area (Å²) >= 11 is 1.87. The van der Waals surface area contributed by atoms with E-state index in [1.54, 1.807) is 19.1 Å². The molecule has 1 fully saturated rings. The van der Waals surface area contributed by atoms with Crippen LogP contribution in [0.1, 0.15) is 13.8 Å². The molecule has 22 heavy (non-hydrogen) atoms. The molecule has 1 saturated heterocycles. The summed E-state index contributed by atoms with van der Waals surface area (Å²) in [5, 5.41) is 2.84. The van der Waals surface area contributed by atoms with Crippen molar-refractivity contribution in [2.24, 2.45) is 5.92 Å². The van der Waals surface area contributed by atoms with Crippen LogP contribution in [0.5, 0.6) is 0 Å². The van der Waals surface area contributed by atoms with E-state index >= 15 is 0 Å². The number of thioether (sulfide) groups is 1. The highest BCUT2D eigenvalue weighted by molar-refractivity contribution is 7.99. The highest BCUT2D eigenvalue weighted by Gasteiger charge is 2.20. The van der Waals surface area contributed by atoms with E-state index in [9.17, 15) is 13.2 Å². The van der Waals surface area contributed by atoms with Gasteiger partial charge in [-0.3, -0.25) is 0 Å². The number of hydrogen-bond donors (Lipinski definition) is 1. The molecule has 0 spiro atoms. The number of amides is 2. The molecule has 1 heterocycles. The topological polar surface area (TPSA) is 66.5 Å². The van der Waals surface area contributed by atoms with Crippen LogP contribution in [0.25, 0.3) is 0 Å². The molecule has 0 unspecified atom stereocenters. The summed E-state index contributed by atoms with van der Waals surface area (Å²) in [4.78, 5) is 14.4. The van der Waals surface area contributed by atoms with E-state index in [-0.39, 0.29) is 16.7 Å². The van der Waals surface area contributed by atoms with Crippen LogP contribution in [0, 0.1) is 5.92 Å². The Morgan fingerprint density at radius 1 is 1.36 bits per heavy atom. The molecule has 1 aromatic rings. The Morgan fingerprint density at radius 2 is 2.05 bits per heavy atom. The Morgan fingerprint density at radius 3 is 2.68 bits per heavy atom. The largest absolute Gasteiger partial charge is 0.323 e. The fourth-order valence-electron chi connectivity index (χ4n) is 2.28. The number of carbonyl (C=O) groups is 1. The van der Waals surface area contributed by atoms with Gasteiger partial charge in [-0.05, 0) is 35.9 Å². The SMILES string of the molecule is CCS(=O)(=O)c1ccc(NC(=O)N2CCSC[C@@H](C)C2)cc1. The lowest BCUT2D eigenvalue weighted by Gasteiger charge is -2.22. The van der Waals surface area contributed by atoms with Gasteiger partial charge in [-0.25, -0.2) is 13.2 Å². The zero-order valence-corrected chi connectivity index (χ0v) is 14.5. The minimum atomic E-state index is -3.20. The van der Waals surface area contributed by atoms with Crippen LogP contribution in [0.3, 0.4) is 0 Å². The molecule has 1 aliphatic heterocycles. The van der Waals surface area contributed by atoms with Crippen LogP contribution >= 0.6 is 11.8 Å². The quantitative estimate of drug-likeness (QED) is 0.917. The highest BCUT2D eigenvalue weighted by atomic mass is 32.2. The molecule has 1 N–H and O–H groups in total. The second kappa shape index (κ2) is 7.37. The molecule has 0 aromatic heterocycles. The molecule has 7 heteroatoms. The van der Waals surface area contributed by atoms with Crippen LogP contribution in [-0.2, 0) is 9.84 Å². The molecule has 1 atom stereocenters. The smallest absolute Gasteiger partial charge is 0.321 e. The lowest BCUT2D eigenvalue weighted by atomic mass is 10.2. The predicted octanol–water partition coefficient (Wildman–Crippen LogP) is 2.70. The van der Waals surface area contributed by atoms with Gasteiger partial charge in [0.1, 0.15) is 0 Å². The average Bonchev–Trinajstić information content (AvgIpc) is 2.72. The number of anilines is 1. The summed E-state index contributed by atoms with van der Waals surface area (Å²) in [6.07, 6.45) is 0. The maximum Gasteiger partial charge on any atom is 0.321 e. The zero-order valence-electron chi connectivity index (χ0n) is 12.9. The van der Waals surface area contributed by atoms with Crippen LogP contribution in [0.2, 0.25) is 0 Å². The van der Waals surface area contributed by atoms with E-state index in [2.05, 4.69) is 12.2 Å². The Labute approximate surface area is 136 Å². The fraction of sp³-hybridized carbons (Fsp3) is 0.533. The second-order valence-corrected chi connectivity index (χ2v) is 8.91. The fourth-order valence-corrected chi connectivity index (χ4v) is 4.19. The van der Waals surface area contributed by atoms with Crippen molar-refractivity contribution in [3.63, 3.8) is 0 Å². The van der Waals surface area contributed by atoms with Gasteiger partial charge in [-0.15, -0.1) is 0 Å². The highest BCUT2D eigenvalue weighted by Crippen LogP contribution is 2.18. The minimum absolute atomic E-state index is 0.0715. The molecule has 0 bridgehead atoms. The third-order valence-corrected chi connectivity index (χ3v) is 6.60. The van der Waals surface area contributed by atoms with E-state index < -0.39 is 9.84 Å². The molecule has 5 nitrogen and oxygen atoms in total. The van der Waals surface area contributed by atoms with Crippen LogP contribution in [0.4, 0.5) is 10.5 Å². The van der Waals surface area contributed by atoms with Crippen LogP contribution in [0.15, 0.2) is 29.2 Å².